The molecule has 0 aromatic heterocycles. The Kier molecular flexibility index (Phi) is 9.49. The van der Waals surface area contributed by atoms with Crippen LogP contribution in [0.25, 0.3) is 0 Å². The van der Waals surface area contributed by atoms with Crippen LogP contribution in [-0.2, 0) is 33.6 Å². The van der Waals surface area contributed by atoms with Gasteiger partial charge in [0, 0.05) is 5.41 Å². The Morgan fingerprint density at radius 1 is 0.900 bits per heavy atom. The molecule has 1 saturated heterocycles. The van der Waals surface area contributed by atoms with E-state index in [1.165, 1.54) is 5.57 Å². The lowest BCUT2D eigenvalue weighted by atomic mass is 9.33. The zero-order valence-electron chi connectivity index (χ0n) is 29.9. The molecule has 5 fully saturated rings. The quantitative estimate of drug-likeness (QED) is 0.125. The average Bonchev–Trinajstić information content (AvgIpc) is 3.03. The van der Waals surface area contributed by atoms with Crippen molar-refractivity contribution in [2.24, 2.45) is 56.7 Å². The SMILES string of the molecule is C[C@H]1[C@H](C)CC[C@]2(C(=O)O)CC[C@]3(C)C(=CCC4[C@@]5(C)CC[C@H](O[C@@H]6O[C@H](C(=O)O)[C@@H](O)[C@H](O)[C@H]6O)[C@@](C)(COS(=O)(=O)O)C5CC[C@]43C)[C@H]12. The summed E-state index contributed by atoms with van der Waals surface area (Å²) in [4.78, 5) is 24.8. The van der Waals surface area contributed by atoms with Crippen molar-refractivity contribution in [2.45, 2.75) is 136 Å². The molecule has 1 aliphatic heterocycles. The van der Waals surface area contributed by atoms with E-state index < -0.39 is 76.6 Å². The third-order valence-corrected chi connectivity index (χ3v) is 16.2. The Bertz CT molecular complexity index is 1520. The molecule has 0 amide bonds. The molecule has 13 nitrogen and oxygen atoms in total. The summed E-state index contributed by atoms with van der Waals surface area (Å²) in [6.45, 7) is 12.7. The number of ether oxygens (including phenoxy) is 2. The largest absolute Gasteiger partial charge is 0.481 e. The van der Waals surface area contributed by atoms with Gasteiger partial charge in [-0.25, -0.2) is 8.98 Å². The fourth-order valence-electron chi connectivity index (χ4n) is 12.6. The zero-order valence-corrected chi connectivity index (χ0v) is 30.8. The number of hydrogen-bond donors (Lipinski definition) is 6. The van der Waals surface area contributed by atoms with Gasteiger partial charge in [0.15, 0.2) is 12.4 Å². The molecular formula is C36H56O13S. The average molecular weight is 729 g/mol. The van der Waals surface area contributed by atoms with E-state index in [-0.39, 0.29) is 39.9 Å². The van der Waals surface area contributed by atoms with Gasteiger partial charge in [-0.2, -0.15) is 8.42 Å². The minimum Gasteiger partial charge on any atom is -0.481 e. The van der Waals surface area contributed by atoms with Crippen molar-refractivity contribution >= 4 is 22.3 Å². The highest BCUT2D eigenvalue weighted by Gasteiger charge is 2.70. The summed E-state index contributed by atoms with van der Waals surface area (Å²) in [5.74, 6) is -1.73. The van der Waals surface area contributed by atoms with E-state index in [1.54, 1.807) is 0 Å². The van der Waals surface area contributed by atoms with Gasteiger partial charge >= 0.3 is 22.3 Å². The number of fused-ring (bicyclic) bond motifs is 7. The van der Waals surface area contributed by atoms with Gasteiger partial charge in [-0.3, -0.25) is 9.35 Å². The van der Waals surface area contributed by atoms with Gasteiger partial charge < -0.3 is 35.0 Å². The molecule has 5 aliphatic carbocycles. The van der Waals surface area contributed by atoms with E-state index in [0.29, 0.717) is 38.0 Å². The predicted molar refractivity (Wildman–Crippen MR) is 178 cm³/mol. The Labute approximate surface area is 294 Å². The van der Waals surface area contributed by atoms with Crippen molar-refractivity contribution in [3.63, 3.8) is 0 Å². The normalized spacial score (nSPS) is 52.0. The second kappa shape index (κ2) is 12.5. The second-order valence-corrected chi connectivity index (χ2v) is 18.8. The number of aliphatic hydroxyl groups excluding tert-OH is 3. The van der Waals surface area contributed by atoms with Crippen LogP contribution in [0.1, 0.15) is 99.3 Å². The molecule has 0 aromatic carbocycles. The van der Waals surface area contributed by atoms with E-state index in [4.69, 9.17) is 13.7 Å². The Morgan fingerprint density at radius 2 is 1.58 bits per heavy atom. The van der Waals surface area contributed by atoms with E-state index in [2.05, 4.69) is 40.7 Å². The summed E-state index contributed by atoms with van der Waals surface area (Å²) in [5, 5.41) is 51.7. The Balaban J connectivity index is 1.36. The molecule has 0 spiro atoms. The molecule has 0 radical (unpaired) electrons. The second-order valence-electron chi connectivity index (χ2n) is 17.7. The molecule has 14 heteroatoms. The number of carbonyl (C=O) groups is 2. The Morgan fingerprint density at radius 3 is 2.20 bits per heavy atom. The fraction of sp³-hybridized carbons (Fsp3) is 0.889. The fourth-order valence-corrected chi connectivity index (χ4v) is 13.0. The van der Waals surface area contributed by atoms with Crippen LogP contribution in [0, 0.1) is 56.7 Å². The molecule has 0 bridgehead atoms. The molecule has 6 aliphatic rings. The summed E-state index contributed by atoms with van der Waals surface area (Å²) in [6.07, 6.45) is -1.45. The number of aliphatic hydroxyl groups is 3. The molecule has 50 heavy (non-hydrogen) atoms. The molecular weight excluding hydrogens is 672 g/mol. The first-order chi connectivity index (χ1) is 23.1. The minimum absolute atomic E-state index is 0.0474. The third kappa shape index (κ3) is 5.44. The van der Waals surface area contributed by atoms with Crippen molar-refractivity contribution in [1.82, 2.24) is 0 Å². The lowest BCUT2D eigenvalue weighted by molar-refractivity contribution is -0.327. The van der Waals surface area contributed by atoms with Gasteiger partial charge in [-0.15, -0.1) is 0 Å². The first kappa shape index (κ1) is 38.1. The number of hydrogen-bond acceptors (Lipinski definition) is 10. The van der Waals surface area contributed by atoms with Crippen LogP contribution in [0.3, 0.4) is 0 Å². The number of rotatable bonds is 7. The van der Waals surface area contributed by atoms with Crippen molar-refractivity contribution in [2.75, 3.05) is 6.61 Å². The van der Waals surface area contributed by atoms with Crippen LogP contribution < -0.4 is 0 Å². The number of allylic oxidation sites excluding steroid dienone is 2. The molecule has 0 aromatic rings. The highest BCUT2D eigenvalue weighted by Crippen LogP contribution is 2.76. The molecule has 4 saturated carbocycles. The van der Waals surface area contributed by atoms with E-state index in [0.717, 1.165) is 25.7 Å². The maximum Gasteiger partial charge on any atom is 0.397 e. The maximum atomic E-state index is 13.0. The topological polar surface area (TPSA) is 217 Å². The first-order valence-electron chi connectivity index (χ1n) is 18.2. The summed E-state index contributed by atoms with van der Waals surface area (Å²) >= 11 is 0. The molecule has 284 valence electrons. The summed E-state index contributed by atoms with van der Waals surface area (Å²) in [6, 6.07) is 0. The minimum atomic E-state index is -4.86. The van der Waals surface area contributed by atoms with Crippen LogP contribution >= 0.6 is 0 Å². The van der Waals surface area contributed by atoms with Gasteiger partial charge in [0.2, 0.25) is 0 Å². The van der Waals surface area contributed by atoms with Gasteiger partial charge in [0.05, 0.1) is 18.1 Å². The summed E-state index contributed by atoms with van der Waals surface area (Å²) < 4.78 is 50.4. The standard InChI is InChI=1S/C36H56O13S/c1-18-9-14-36(31(42)43)16-15-34(5)20(24(36)19(18)2)7-8-22-32(3)12-11-23(48-30-27(39)25(37)26(38)28(49-30)29(40)41)33(4,17-47-50(44,45)46)21(32)10-13-35(22,34)6/h7,18-19,21-28,30,37-39H,8-17H2,1-6H3,(H,40,41)(H,42,43)(H,44,45,46)/t18-,19+,21?,22?,23+,24+,25+,26+,27-,28+,30-,32+,33+,34-,35-,36+/m1/s1. The smallest absolute Gasteiger partial charge is 0.397 e. The molecule has 2 unspecified atom stereocenters. The van der Waals surface area contributed by atoms with Crippen LogP contribution in [-0.4, -0.2) is 93.9 Å². The van der Waals surface area contributed by atoms with Gasteiger partial charge in [-0.05, 0) is 104 Å². The summed E-state index contributed by atoms with van der Waals surface area (Å²) in [5.41, 5.74) is -1.40. The van der Waals surface area contributed by atoms with Crippen LogP contribution in [0.5, 0.6) is 0 Å². The van der Waals surface area contributed by atoms with Gasteiger partial charge in [0.25, 0.3) is 0 Å². The lowest BCUT2D eigenvalue weighted by Crippen LogP contribution is -2.67. The highest BCUT2D eigenvalue weighted by atomic mass is 32.3. The third-order valence-electron chi connectivity index (χ3n) is 15.8. The van der Waals surface area contributed by atoms with Crippen molar-refractivity contribution < 1.29 is 61.7 Å². The summed E-state index contributed by atoms with van der Waals surface area (Å²) in [7, 11) is -4.86. The van der Waals surface area contributed by atoms with Crippen LogP contribution in [0.2, 0.25) is 0 Å². The zero-order chi connectivity index (χ0) is 37.0. The van der Waals surface area contributed by atoms with E-state index in [1.807, 2.05) is 6.92 Å². The van der Waals surface area contributed by atoms with Crippen LogP contribution in [0.4, 0.5) is 0 Å². The molecule has 6 rings (SSSR count). The predicted octanol–water partition coefficient (Wildman–Crippen LogP) is 3.81. The maximum absolute atomic E-state index is 13.0. The van der Waals surface area contributed by atoms with Crippen molar-refractivity contribution in [1.29, 1.82) is 0 Å². The molecule has 16 atom stereocenters. The Hall–Kier alpha value is -1.65. The first-order valence-corrected chi connectivity index (χ1v) is 19.6. The van der Waals surface area contributed by atoms with E-state index >= 15 is 0 Å². The van der Waals surface area contributed by atoms with Crippen molar-refractivity contribution in [3.8, 4) is 0 Å². The van der Waals surface area contributed by atoms with E-state index in [9.17, 15) is 48.1 Å². The lowest BCUT2D eigenvalue weighted by Gasteiger charge is -2.71. The number of carboxylic acid groups (broad SMARTS) is 2. The van der Waals surface area contributed by atoms with Gasteiger partial charge in [0.1, 0.15) is 18.3 Å². The number of carboxylic acids is 2. The molecule has 1 heterocycles. The molecule has 6 N–H and O–H groups in total. The number of aliphatic carboxylic acids is 2. The van der Waals surface area contributed by atoms with Crippen LogP contribution in [0.15, 0.2) is 11.6 Å². The highest BCUT2D eigenvalue weighted by molar-refractivity contribution is 7.80. The van der Waals surface area contributed by atoms with Crippen molar-refractivity contribution in [3.05, 3.63) is 11.6 Å². The van der Waals surface area contributed by atoms with Gasteiger partial charge in [-0.1, -0.05) is 53.2 Å². The monoisotopic (exact) mass is 728 g/mol.